The number of aliphatic hydroxyl groups excluding tert-OH is 1. The van der Waals surface area contributed by atoms with Crippen molar-refractivity contribution in [2.75, 3.05) is 6.61 Å². The fourth-order valence-corrected chi connectivity index (χ4v) is 4.02. The lowest BCUT2D eigenvalue weighted by Crippen LogP contribution is -2.36. The van der Waals surface area contributed by atoms with Gasteiger partial charge >= 0.3 is 5.97 Å². The average molecular weight is 403 g/mol. The molecule has 0 amide bonds. The smallest absolute Gasteiger partial charge is 0.310 e. The number of esters is 1. The Labute approximate surface area is 157 Å². The summed E-state index contributed by atoms with van der Waals surface area (Å²) in [5.41, 5.74) is 2.12. The lowest BCUT2D eigenvalue weighted by Gasteiger charge is -2.36. The van der Waals surface area contributed by atoms with E-state index in [0.717, 1.165) is 34.9 Å². The third kappa shape index (κ3) is 4.50. The maximum atomic E-state index is 12.8. The summed E-state index contributed by atoms with van der Waals surface area (Å²) >= 11 is 3.46. The van der Waals surface area contributed by atoms with Crippen LogP contribution >= 0.6 is 15.9 Å². The van der Waals surface area contributed by atoms with Gasteiger partial charge in [-0.2, -0.15) is 0 Å². The third-order valence-corrected chi connectivity index (χ3v) is 5.59. The normalized spacial score (nSPS) is 23.2. The fraction of sp³-hybridized carbons (Fsp3) is 0.381. The summed E-state index contributed by atoms with van der Waals surface area (Å²) in [6.07, 6.45) is 2.84. The van der Waals surface area contributed by atoms with E-state index < -0.39 is 0 Å². The zero-order chi connectivity index (χ0) is 17.6. The molecule has 132 valence electrons. The lowest BCUT2D eigenvalue weighted by atomic mass is 9.69. The third-order valence-electron chi connectivity index (χ3n) is 5.06. The Balaban J connectivity index is 1.77. The van der Waals surface area contributed by atoms with Crippen LogP contribution in [0, 0.1) is 11.8 Å². The van der Waals surface area contributed by atoms with E-state index in [1.165, 1.54) is 0 Å². The van der Waals surface area contributed by atoms with Crippen LogP contribution in [0.5, 0.6) is 0 Å². The van der Waals surface area contributed by atoms with Crippen LogP contribution in [0.25, 0.3) is 0 Å². The Bertz CT molecular complexity index is 684. The number of carbonyl (C=O) groups is 1. The van der Waals surface area contributed by atoms with Crippen molar-refractivity contribution in [2.24, 2.45) is 11.8 Å². The number of carbonyl (C=O) groups excluding carboxylic acids is 1. The predicted octanol–water partition coefficient (Wildman–Crippen LogP) is 4.68. The first-order valence-corrected chi connectivity index (χ1v) is 9.55. The van der Waals surface area contributed by atoms with Gasteiger partial charge in [-0.15, -0.1) is 0 Å². The maximum absolute atomic E-state index is 12.8. The molecule has 2 aromatic rings. The van der Waals surface area contributed by atoms with Crippen LogP contribution < -0.4 is 0 Å². The van der Waals surface area contributed by atoms with Crippen molar-refractivity contribution in [1.82, 2.24) is 0 Å². The maximum Gasteiger partial charge on any atom is 0.310 e. The van der Waals surface area contributed by atoms with Crippen LogP contribution in [0.4, 0.5) is 0 Å². The Morgan fingerprint density at radius 1 is 1.08 bits per heavy atom. The molecule has 2 aromatic carbocycles. The Kier molecular flexibility index (Phi) is 6.27. The van der Waals surface area contributed by atoms with Crippen molar-refractivity contribution >= 4 is 21.9 Å². The minimum absolute atomic E-state index is 0.0259. The summed E-state index contributed by atoms with van der Waals surface area (Å²) in [7, 11) is 0. The molecule has 3 rings (SSSR count). The first-order chi connectivity index (χ1) is 12.2. The molecular weight excluding hydrogens is 380 g/mol. The first-order valence-electron chi connectivity index (χ1n) is 8.76. The van der Waals surface area contributed by atoms with Gasteiger partial charge in [0.1, 0.15) is 6.61 Å². The summed E-state index contributed by atoms with van der Waals surface area (Å²) in [6, 6.07) is 17.8. The molecule has 1 N–H and O–H groups in total. The van der Waals surface area contributed by atoms with Crippen molar-refractivity contribution in [3.05, 3.63) is 70.2 Å². The second-order valence-electron chi connectivity index (χ2n) is 6.65. The van der Waals surface area contributed by atoms with Crippen LogP contribution in [0.2, 0.25) is 0 Å². The minimum Gasteiger partial charge on any atom is -0.461 e. The summed E-state index contributed by atoms with van der Waals surface area (Å²) in [5.74, 6) is -0.424. The molecule has 0 spiro atoms. The second-order valence-corrected chi connectivity index (χ2v) is 7.57. The van der Waals surface area contributed by atoms with E-state index in [9.17, 15) is 9.90 Å². The summed E-state index contributed by atoms with van der Waals surface area (Å²) < 4.78 is 6.64. The number of rotatable bonds is 5. The van der Waals surface area contributed by atoms with Crippen molar-refractivity contribution < 1.29 is 14.6 Å². The van der Waals surface area contributed by atoms with Crippen molar-refractivity contribution in [2.45, 2.75) is 31.8 Å². The number of hydrogen-bond donors (Lipinski definition) is 1. The Hall–Kier alpha value is -1.65. The number of ether oxygens (including phenoxy) is 1. The van der Waals surface area contributed by atoms with Crippen LogP contribution in [0.1, 0.15) is 36.3 Å². The highest BCUT2D eigenvalue weighted by molar-refractivity contribution is 9.10. The number of hydrogen-bond acceptors (Lipinski definition) is 3. The van der Waals surface area contributed by atoms with Gasteiger partial charge in [0.25, 0.3) is 0 Å². The highest BCUT2D eigenvalue weighted by Crippen LogP contribution is 2.42. The van der Waals surface area contributed by atoms with Gasteiger partial charge < -0.3 is 9.84 Å². The van der Waals surface area contributed by atoms with Crippen molar-refractivity contribution in [3.63, 3.8) is 0 Å². The molecule has 0 aliphatic heterocycles. The molecule has 0 saturated heterocycles. The second kappa shape index (κ2) is 8.63. The van der Waals surface area contributed by atoms with Crippen LogP contribution in [-0.2, 0) is 16.1 Å². The van der Waals surface area contributed by atoms with Crippen molar-refractivity contribution in [1.29, 1.82) is 0 Å². The van der Waals surface area contributed by atoms with Crippen molar-refractivity contribution in [3.8, 4) is 0 Å². The molecule has 1 aliphatic rings. The average Bonchev–Trinajstić information content (AvgIpc) is 2.67. The van der Waals surface area contributed by atoms with E-state index in [-0.39, 0.29) is 36.9 Å². The SMILES string of the molecule is O=C(OCc1ccccc1)[C@@H]1[C@@H](CO)CCC[C@H]1c1ccc(Br)cc1. The lowest BCUT2D eigenvalue weighted by molar-refractivity contribution is -0.155. The van der Waals surface area contributed by atoms with E-state index >= 15 is 0 Å². The number of aliphatic hydroxyl groups is 1. The molecular formula is C21H23BrO3. The summed E-state index contributed by atoms with van der Waals surface area (Å²) in [5, 5.41) is 9.79. The van der Waals surface area contributed by atoms with Gasteiger partial charge in [-0.3, -0.25) is 4.79 Å². The number of halogens is 1. The quantitative estimate of drug-likeness (QED) is 0.738. The van der Waals surface area contributed by atoms with Gasteiger partial charge in [0.15, 0.2) is 0 Å². The van der Waals surface area contributed by atoms with Gasteiger partial charge in [0.2, 0.25) is 0 Å². The zero-order valence-electron chi connectivity index (χ0n) is 14.1. The number of benzene rings is 2. The highest BCUT2D eigenvalue weighted by Gasteiger charge is 2.39. The van der Waals surface area contributed by atoms with Crippen LogP contribution in [0.15, 0.2) is 59.1 Å². The van der Waals surface area contributed by atoms with Gasteiger partial charge in [-0.1, -0.05) is 64.8 Å². The molecule has 1 fully saturated rings. The fourth-order valence-electron chi connectivity index (χ4n) is 3.76. The van der Waals surface area contributed by atoms with E-state index in [2.05, 4.69) is 28.1 Å². The van der Waals surface area contributed by atoms with Gasteiger partial charge in [-0.25, -0.2) is 0 Å². The molecule has 4 heteroatoms. The van der Waals surface area contributed by atoms with E-state index in [0.29, 0.717) is 0 Å². The van der Waals surface area contributed by atoms with E-state index in [1.54, 1.807) is 0 Å². The molecule has 1 aliphatic carbocycles. The minimum atomic E-state index is -0.288. The summed E-state index contributed by atoms with van der Waals surface area (Å²) in [6.45, 7) is 0.305. The monoisotopic (exact) mass is 402 g/mol. The predicted molar refractivity (Wildman–Crippen MR) is 101 cm³/mol. The Morgan fingerprint density at radius 2 is 1.80 bits per heavy atom. The van der Waals surface area contributed by atoms with Gasteiger partial charge in [-0.05, 0) is 47.9 Å². The molecule has 3 atom stereocenters. The molecule has 0 bridgehead atoms. The van der Waals surface area contributed by atoms with Crippen LogP contribution in [0.3, 0.4) is 0 Å². The Morgan fingerprint density at radius 3 is 2.48 bits per heavy atom. The largest absolute Gasteiger partial charge is 0.461 e. The first kappa shape index (κ1) is 18.2. The van der Waals surface area contributed by atoms with E-state index in [1.807, 2.05) is 42.5 Å². The van der Waals surface area contributed by atoms with E-state index in [4.69, 9.17) is 4.74 Å². The zero-order valence-corrected chi connectivity index (χ0v) is 15.7. The molecule has 0 aromatic heterocycles. The summed E-state index contributed by atoms with van der Waals surface area (Å²) in [4.78, 5) is 12.8. The standard InChI is InChI=1S/C21H23BrO3/c22-18-11-9-16(10-12-18)19-8-4-7-17(13-23)20(19)21(24)25-14-15-5-2-1-3-6-15/h1-3,5-6,9-12,17,19-20,23H,4,7-8,13-14H2/t17-,19+,20-/m1/s1. The van der Waals surface area contributed by atoms with Gasteiger partial charge in [0.05, 0.1) is 5.92 Å². The molecule has 0 unspecified atom stereocenters. The molecule has 25 heavy (non-hydrogen) atoms. The molecule has 0 heterocycles. The molecule has 3 nitrogen and oxygen atoms in total. The van der Waals surface area contributed by atoms with Gasteiger partial charge in [0, 0.05) is 11.1 Å². The van der Waals surface area contributed by atoms with Crippen LogP contribution in [-0.4, -0.2) is 17.7 Å². The highest BCUT2D eigenvalue weighted by atomic mass is 79.9. The topological polar surface area (TPSA) is 46.5 Å². The molecule has 0 radical (unpaired) electrons. The molecule has 1 saturated carbocycles.